The number of aromatic amines is 1. The minimum atomic E-state index is -4.07. The van der Waals surface area contributed by atoms with Crippen LogP contribution in [0.2, 0.25) is 0 Å². The summed E-state index contributed by atoms with van der Waals surface area (Å²) in [6.07, 6.45) is 1.63. The van der Waals surface area contributed by atoms with E-state index in [2.05, 4.69) is 35.3 Å². The number of fused-ring (bicyclic) bond motifs is 1. The number of nitrogens with zero attached hydrogens (tertiary/aromatic N) is 3. The average molecular weight is 1130 g/mol. The summed E-state index contributed by atoms with van der Waals surface area (Å²) >= 11 is 0. The summed E-state index contributed by atoms with van der Waals surface area (Å²) in [6.45, 7) is 6.24. The van der Waals surface area contributed by atoms with Gasteiger partial charge in [-0.05, 0) is 75.6 Å². The second-order valence-electron chi connectivity index (χ2n) is 18.3. The monoisotopic (exact) mass is 1130 g/mol. The predicted molar refractivity (Wildman–Crippen MR) is 298 cm³/mol. The third-order valence-corrected chi connectivity index (χ3v) is 16.8. The molecule has 424 valence electrons. The van der Waals surface area contributed by atoms with Crippen LogP contribution in [-0.4, -0.2) is 132 Å². The maximum atomic E-state index is 15.6. The molecule has 6 rings (SSSR count). The van der Waals surface area contributed by atoms with Crippen molar-refractivity contribution in [3.05, 3.63) is 167 Å². The van der Waals surface area contributed by atoms with E-state index in [1.165, 1.54) is 12.7 Å². The SMILES string of the molecule is CCOC(=O)[C@H](Cc1ccccc1)NP(=O)(CCOCC(Cn1cnc2c(=O)[nH]cnc21)OCCP(=O)(N[C@@H](Cc1ccccc1)C(=O)OCC)N[C@@H](Cc1ccccc1)C(=O)OCC)N[C@@H](Cc1ccccc1)C(=O)OCC. The summed E-state index contributed by atoms with van der Waals surface area (Å²) in [5, 5.41) is 12.2. The van der Waals surface area contributed by atoms with Crippen LogP contribution < -0.4 is 25.9 Å². The Morgan fingerprint density at radius 1 is 0.532 bits per heavy atom. The van der Waals surface area contributed by atoms with Crippen LogP contribution in [-0.2, 0) is 89.0 Å². The molecule has 79 heavy (non-hydrogen) atoms. The third-order valence-electron chi connectivity index (χ3n) is 12.3. The highest BCUT2D eigenvalue weighted by atomic mass is 31.2. The molecule has 0 bridgehead atoms. The van der Waals surface area contributed by atoms with Gasteiger partial charge in [-0.25, -0.2) is 30.3 Å². The first-order valence-corrected chi connectivity index (χ1v) is 30.2. The molecule has 23 heteroatoms. The van der Waals surface area contributed by atoms with Gasteiger partial charge >= 0.3 is 23.9 Å². The molecule has 0 aliphatic rings. The van der Waals surface area contributed by atoms with E-state index in [-0.39, 0.29) is 102 Å². The number of imidazole rings is 1. The van der Waals surface area contributed by atoms with Gasteiger partial charge < -0.3 is 38.0 Å². The molecule has 2 heterocycles. The number of ether oxygens (including phenoxy) is 6. The lowest BCUT2D eigenvalue weighted by atomic mass is 10.1. The third kappa shape index (κ3) is 19.9. The number of hydrogen-bond donors (Lipinski definition) is 5. The maximum Gasteiger partial charge on any atom is 0.323 e. The quantitative estimate of drug-likeness (QED) is 0.0133. The van der Waals surface area contributed by atoms with Gasteiger partial charge in [0, 0.05) is 0 Å². The molecule has 1 unspecified atom stereocenters. The fourth-order valence-electron chi connectivity index (χ4n) is 8.59. The minimum Gasteiger partial charge on any atom is -0.465 e. The smallest absolute Gasteiger partial charge is 0.323 e. The first-order chi connectivity index (χ1) is 38.2. The van der Waals surface area contributed by atoms with Gasteiger partial charge in [-0.1, -0.05) is 121 Å². The van der Waals surface area contributed by atoms with Crippen LogP contribution in [0.5, 0.6) is 0 Å². The lowest BCUT2D eigenvalue weighted by molar-refractivity contribution is -0.146. The van der Waals surface area contributed by atoms with Crippen LogP contribution in [0.15, 0.2) is 139 Å². The Balaban J connectivity index is 1.29. The molecule has 5 atom stereocenters. The Bertz CT molecular complexity index is 2850. The van der Waals surface area contributed by atoms with Gasteiger partial charge in [-0.3, -0.25) is 33.1 Å². The van der Waals surface area contributed by atoms with Gasteiger partial charge in [-0.2, -0.15) is 0 Å². The zero-order chi connectivity index (χ0) is 56.5. The Kier molecular flexibility index (Phi) is 24.8. The van der Waals surface area contributed by atoms with Crippen LogP contribution in [0, 0.1) is 0 Å². The molecule has 4 aromatic carbocycles. The first-order valence-electron chi connectivity index (χ1n) is 26.4. The Morgan fingerprint density at radius 2 is 0.886 bits per heavy atom. The van der Waals surface area contributed by atoms with Crippen molar-refractivity contribution < 1.29 is 56.7 Å². The van der Waals surface area contributed by atoms with E-state index in [4.69, 9.17) is 28.4 Å². The predicted octanol–water partition coefficient (Wildman–Crippen LogP) is 5.96. The molecule has 5 N–H and O–H groups in total. The summed E-state index contributed by atoms with van der Waals surface area (Å²) in [6, 6.07) is 32.1. The van der Waals surface area contributed by atoms with Crippen LogP contribution >= 0.6 is 14.9 Å². The molecular weight excluding hydrogens is 1050 g/mol. The summed E-state index contributed by atoms with van der Waals surface area (Å²) in [5.41, 5.74) is 2.90. The lowest BCUT2D eigenvalue weighted by Gasteiger charge is -2.30. The molecule has 2 aromatic heterocycles. The van der Waals surface area contributed by atoms with E-state index in [1.807, 2.05) is 121 Å². The van der Waals surface area contributed by atoms with Crippen LogP contribution in [0.4, 0.5) is 0 Å². The van der Waals surface area contributed by atoms with Gasteiger partial charge in [0.05, 0.1) is 83.9 Å². The Morgan fingerprint density at radius 3 is 1.24 bits per heavy atom. The summed E-state index contributed by atoms with van der Waals surface area (Å²) < 4.78 is 67.3. The Labute approximate surface area is 460 Å². The molecule has 0 fully saturated rings. The molecule has 0 saturated heterocycles. The van der Waals surface area contributed by atoms with E-state index in [0.717, 1.165) is 22.3 Å². The van der Waals surface area contributed by atoms with Crippen molar-refractivity contribution in [2.24, 2.45) is 0 Å². The number of H-pyrrole nitrogens is 1. The lowest BCUT2D eigenvalue weighted by Crippen LogP contribution is -2.47. The molecule has 0 spiro atoms. The van der Waals surface area contributed by atoms with Crippen LogP contribution in [0.3, 0.4) is 0 Å². The summed E-state index contributed by atoms with van der Waals surface area (Å²) in [5.74, 6) is -2.62. The molecule has 0 amide bonds. The largest absolute Gasteiger partial charge is 0.465 e. The zero-order valence-corrected chi connectivity index (χ0v) is 46.8. The van der Waals surface area contributed by atoms with Gasteiger partial charge in [0.25, 0.3) is 5.56 Å². The highest BCUT2D eigenvalue weighted by Gasteiger charge is 2.38. The standard InChI is InChI=1S/C56H72N8O13P2/c1-5-73-53(66)46(33-41-21-13-9-14-22-41)60-78(70,61-47(54(67)74-6-2)34-42-23-15-10-16-24-42)31-29-72-38-45(37-64-40-59-50-51(64)57-39-58-52(50)65)77-30-32-79(71,62-48(55(68)75-7-3)35-43-25-17-11-18-26-43)63-49(56(69)76-8-4)36-44-27-19-12-20-28-44/h9-28,39-40,45-49H,5-8,29-38H2,1-4H3,(H,57,58,65)(H2,60,61,70)(H2,62,63,71)/t45?,46-,47-,48-,49-/m0/s1. The number of rotatable bonds is 35. The minimum absolute atomic E-state index is 0.00476. The highest BCUT2D eigenvalue weighted by molar-refractivity contribution is 7.60. The molecule has 0 aliphatic heterocycles. The van der Waals surface area contributed by atoms with E-state index < -0.39 is 74.6 Å². The fourth-order valence-corrected chi connectivity index (χ4v) is 12.8. The van der Waals surface area contributed by atoms with Crippen molar-refractivity contribution in [3.63, 3.8) is 0 Å². The Hall–Kier alpha value is -6.67. The van der Waals surface area contributed by atoms with Gasteiger partial charge in [0.1, 0.15) is 24.2 Å². The number of aromatic nitrogens is 4. The van der Waals surface area contributed by atoms with Gasteiger partial charge in [-0.15, -0.1) is 0 Å². The molecular formula is C56H72N8O13P2. The number of carbonyl (C=O) groups is 4. The van der Waals surface area contributed by atoms with E-state index in [0.29, 0.717) is 0 Å². The van der Waals surface area contributed by atoms with Crippen molar-refractivity contribution in [2.45, 2.75) is 90.2 Å². The van der Waals surface area contributed by atoms with Crippen LogP contribution in [0.25, 0.3) is 11.2 Å². The average Bonchev–Trinajstić information content (AvgIpc) is 3.86. The number of hydrogen-bond acceptors (Lipinski definition) is 15. The number of carbonyl (C=O) groups excluding carboxylic acids is 4. The normalized spacial score (nSPS) is 13.7. The second kappa shape index (κ2) is 31.8. The highest BCUT2D eigenvalue weighted by Crippen LogP contribution is 2.40. The molecule has 0 radical (unpaired) electrons. The number of benzene rings is 4. The molecule has 21 nitrogen and oxygen atoms in total. The van der Waals surface area contributed by atoms with E-state index >= 15 is 9.13 Å². The van der Waals surface area contributed by atoms with Crippen molar-refractivity contribution in [1.82, 2.24) is 39.9 Å². The van der Waals surface area contributed by atoms with Crippen molar-refractivity contribution in [3.8, 4) is 0 Å². The van der Waals surface area contributed by atoms with E-state index in [1.54, 1.807) is 32.3 Å². The van der Waals surface area contributed by atoms with Crippen molar-refractivity contribution >= 4 is 49.9 Å². The first kappa shape index (κ1) is 61.5. The maximum absolute atomic E-state index is 15.6. The van der Waals surface area contributed by atoms with Gasteiger partial charge in [0.15, 0.2) is 11.2 Å². The van der Waals surface area contributed by atoms with Crippen molar-refractivity contribution in [1.29, 1.82) is 0 Å². The summed E-state index contributed by atoms with van der Waals surface area (Å²) in [4.78, 5) is 78.4. The molecule has 0 saturated carbocycles. The molecule has 6 aromatic rings. The number of nitrogens with one attached hydrogen (secondary N) is 5. The summed E-state index contributed by atoms with van der Waals surface area (Å²) in [7, 11) is -8.09. The fraction of sp³-hybridized carbons (Fsp3) is 0.411. The topological polar surface area (TPSA) is 269 Å². The number of esters is 4. The van der Waals surface area contributed by atoms with Crippen molar-refractivity contribution in [2.75, 3.05) is 58.6 Å². The zero-order valence-electron chi connectivity index (χ0n) is 45.0. The molecule has 0 aliphatic carbocycles. The second-order valence-corrected chi connectivity index (χ2v) is 23.2. The van der Waals surface area contributed by atoms with Crippen LogP contribution in [0.1, 0.15) is 49.9 Å². The van der Waals surface area contributed by atoms with Gasteiger partial charge in [0.2, 0.25) is 14.9 Å². The van der Waals surface area contributed by atoms with E-state index in [9.17, 15) is 24.0 Å².